The van der Waals surface area contributed by atoms with Gasteiger partial charge in [0, 0.05) is 11.1 Å². The van der Waals surface area contributed by atoms with Gasteiger partial charge in [-0.1, -0.05) is 11.3 Å². The largest absolute Gasteiger partial charge is 0.507 e. The number of hydrogen-bond acceptors (Lipinski definition) is 9. The van der Waals surface area contributed by atoms with Crippen LogP contribution in [0, 0.1) is 6.92 Å². The van der Waals surface area contributed by atoms with Gasteiger partial charge in [-0.2, -0.15) is 0 Å². The molecule has 4 aromatic rings. The lowest BCUT2D eigenvalue weighted by Crippen LogP contribution is -2.29. The van der Waals surface area contributed by atoms with Gasteiger partial charge in [0.1, 0.15) is 34.8 Å². The number of ketones is 1. The second kappa shape index (κ2) is 10.3. The molecule has 2 heterocycles. The van der Waals surface area contributed by atoms with Crippen molar-refractivity contribution in [2.45, 2.75) is 13.0 Å². The number of anilines is 1. The van der Waals surface area contributed by atoms with E-state index in [1.165, 1.54) is 30.5 Å². The number of aliphatic hydroxyl groups excluding tert-OH is 1. The number of fused-ring (bicyclic) bond motifs is 1. The second-order valence-corrected chi connectivity index (χ2v) is 9.80. The lowest BCUT2D eigenvalue weighted by molar-refractivity contribution is -0.132. The third-order valence-corrected chi connectivity index (χ3v) is 7.65. The molecule has 1 atom stereocenters. The molecule has 1 aromatic heterocycles. The molecule has 0 bridgehead atoms. The van der Waals surface area contributed by atoms with E-state index < -0.39 is 17.7 Å². The molecule has 5 rings (SSSR count). The first-order chi connectivity index (χ1) is 18.8. The number of carbonyl (C=O) groups is 2. The summed E-state index contributed by atoms with van der Waals surface area (Å²) in [6.45, 7) is 1.83. The lowest BCUT2D eigenvalue weighted by atomic mass is 9.94. The topological polar surface area (TPSA) is 107 Å². The number of benzene rings is 3. The first-order valence-corrected chi connectivity index (χ1v) is 12.8. The van der Waals surface area contributed by atoms with Crippen LogP contribution in [0.1, 0.15) is 22.7 Å². The van der Waals surface area contributed by atoms with E-state index in [0.717, 1.165) is 10.3 Å². The zero-order valence-corrected chi connectivity index (χ0v) is 22.8. The summed E-state index contributed by atoms with van der Waals surface area (Å²) in [6.07, 6.45) is 0. The van der Waals surface area contributed by atoms with Gasteiger partial charge in [0.15, 0.2) is 5.13 Å². The number of thiazole rings is 1. The van der Waals surface area contributed by atoms with E-state index in [0.29, 0.717) is 44.8 Å². The summed E-state index contributed by atoms with van der Waals surface area (Å²) in [5, 5.41) is 11.8. The molecule has 10 heteroatoms. The van der Waals surface area contributed by atoms with Crippen molar-refractivity contribution in [3.8, 4) is 23.0 Å². The Morgan fingerprint density at radius 3 is 2.21 bits per heavy atom. The van der Waals surface area contributed by atoms with E-state index in [1.807, 2.05) is 13.0 Å². The van der Waals surface area contributed by atoms with E-state index in [-0.39, 0.29) is 11.3 Å². The number of aliphatic hydroxyl groups is 1. The van der Waals surface area contributed by atoms with Gasteiger partial charge in [-0.25, -0.2) is 4.98 Å². The highest BCUT2D eigenvalue weighted by Crippen LogP contribution is 2.47. The van der Waals surface area contributed by atoms with Gasteiger partial charge in [-0.05, 0) is 67.1 Å². The molecule has 0 saturated carbocycles. The molecular weight excluding hydrogens is 520 g/mol. The van der Waals surface area contributed by atoms with Crippen LogP contribution in [0.3, 0.4) is 0 Å². The van der Waals surface area contributed by atoms with Crippen LogP contribution in [0.25, 0.3) is 16.0 Å². The van der Waals surface area contributed by atoms with E-state index in [2.05, 4.69) is 4.98 Å². The molecular formula is C29H26N2O7S. The number of aromatic nitrogens is 1. The van der Waals surface area contributed by atoms with Crippen molar-refractivity contribution in [2.24, 2.45) is 0 Å². The molecule has 39 heavy (non-hydrogen) atoms. The molecule has 0 aliphatic carbocycles. The number of methoxy groups -OCH3 is 4. The van der Waals surface area contributed by atoms with Gasteiger partial charge in [-0.15, -0.1) is 0 Å². The van der Waals surface area contributed by atoms with Gasteiger partial charge in [0.2, 0.25) is 0 Å². The third kappa shape index (κ3) is 4.42. The van der Waals surface area contributed by atoms with Crippen LogP contribution in [0.5, 0.6) is 23.0 Å². The Hall–Kier alpha value is -4.57. The Balaban J connectivity index is 1.77. The number of aryl methyl sites for hydroxylation is 1. The molecule has 3 aromatic carbocycles. The Morgan fingerprint density at radius 1 is 0.872 bits per heavy atom. The maximum absolute atomic E-state index is 13.6. The zero-order chi connectivity index (χ0) is 27.8. The predicted molar refractivity (Wildman–Crippen MR) is 148 cm³/mol. The quantitative estimate of drug-likeness (QED) is 0.190. The SMILES string of the molecule is COc1ccc(OC)c([C@H]2/C(=C(\O)c3ccc(OC)c(C)c3)C(=O)C(=O)N2c2nc3ccc(OC)cc3s2)c1. The van der Waals surface area contributed by atoms with E-state index in [9.17, 15) is 14.7 Å². The van der Waals surface area contributed by atoms with E-state index in [1.54, 1.807) is 62.8 Å². The van der Waals surface area contributed by atoms with Crippen LogP contribution >= 0.6 is 11.3 Å². The van der Waals surface area contributed by atoms with Gasteiger partial charge in [0.05, 0.1) is 44.2 Å². The minimum Gasteiger partial charge on any atom is -0.507 e. The molecule has 9 nitrogen and oxygen atoms in total. The maximum Gasteiger partial charge on any atom is 0.301 e. The molecule has 1 fully saturated rings. The summed E-state index contributed by atoms with van der Waals surface area (Å²) in [5.41, 5.74) is 2.13. The smallest absolute Gasteiger partial charge is 0.301 e. The summed E-state index contributed by atoms with van der Waals surface area (Å²) >= 11 is 1.24. The van der Waals surface area contributed by atoms with E-state index in [4.69, 9.17) is 18.9 Å². The highest BCUT2D eigenvalue weighted by molar-refractivity contribution is 7.22. The van der Waals surface area contributed by atoms with Crippen LogP contribution in [0.2, 0.25) is 0 Å². The molecule has 0 spiro atoms. The highest BCUT2D eigenvalue weighted by atomic mass is 32.1. The molecule has 0 radical (unpaired) electrons. The molecule has 1 aliphatic heterocycles. The van der Waals surface area contributed by atoms with Crippen molar-refractivity contribution in [1.82, 2.24) is 4.98 Å². The Labute approximate surface area is 228 Å². The summed E-state index contributed by atoms with van der Waals surface area (Å²) in [6, 6.07) is 14.5. The number of rotatable bonds is 7. The fourth-order valence-electron chi connectivity index (χ4n) is 4.68. The van der Waals surface area contributed by atoms with Gasteiger partial charge >= 0.3 is 5.91 Å². The van der Waals surface area contributed by atoms with Crippen LogP contribution in [0.15, 0.2) is 60.2 Å². The van der Waals surface area contributed by atoms with Crippen LogP contribution in [-0.2, 0) is 9.59 Å². The van der Waals surface area contributed by atoms with Crippen LogP contribution in [0.4, 0.5) is 5.13 Å². The number of carbonyl (C=O) groups excluding carboxylic acids is 2. The number of hydrogen-bond donors (Lipinski definition) is 1. The average Bonchev–Trinajstić information content (AvgIpc) is 3.49. The minimum atomic E-state index is -1.04. The summed E-state index contributed by atoms with van der Waals surface area (Å²) in [5.74, 6) is 0.191. The number of Topliss-reactive ketones (excluding diaryl/α,β-unsaturated/α-hetero) is 1. The first kappa shape index (κ1) is 26.1. The fraction of sp³-hybridized carbons (Fsp3) is 0.207. The van der Waals surface area contributed by atoms with Crippen LogP contribution in [-0.4, -0.2) is 50.2 Å². The fourth-order valence-corrected chi connectivity index (χ4v) is 5.70. The first-order valence-electron chi connectivity index (χ1n) is 11.9. The molecule has 200 valence electrons. The molecule has 1 amide bonds. The number of amides is 1. The zero-order valence-electron chi connectivity index (χ0n) is 22.0. The van der Waals surface area contributed by atoms with Gasteiger partial charge < -0.3 is 24.1 Å². The molecule has 1 N–H and O–H groups in total. The van der Waals surface area contributed by atoms with Crippen molar-refractivity contribution in [1.29, 1.82) is 0 Å². The normalized spacial score (nSPS) is 16.5. The van der Waals surface area contributed by atoms with Crippen molar-refractivity contribution < 1.29 is 33.6 Å². The second-order valence-electron chi connectivity index (χ2n) is 8.79. The summed E-state index contributed by atoms with van der Waals surface area (Å²) in [4.78, 5) is 33.2. The minimum absolute atomic E-state index is 0.0899. The maximum atomic E-state index is 13.6. The summed E-state index contributed by atoms with van der Waals surface area (Å²) in [7, 11) is 6.13. The average molecular weight is 547 g/mol. The van der Waals surface area contributed by atoms with Gasteiger partial charge in [-0.3, -0.25) is 14.5 Å². The standard InChI is InChI=1S/C29H26N2O7S/c1-15-12-16(6-10-21(15)37-4)26(32)24-25(19-13-17(35-2)8-11-22(19)38-5)31(28(34)27(24)33)29-30-20-9-7-18(36-3)14-23(20)39-29/h6-14,25,32H,1-5H3/b26-24+/t25-/m0/s1. The highest BCUT2D eigenvalue weighted by Gasteiger charge is 2.49. The third-order valence-electron chi connectivity index (χ3n) is 6.63. The van der Waals surface area contributed by atoms with Gasteiger partial charge in [0.25, 0.3) is 5.78 Å². The molecule has 0 unspecified atom stereocenters. The lowest BCUT2D eigenvalue weighted by Gasteiger charge is -2.25. The van der Waals surface area contributed by atoms with Crippen molar-refractivity contribution >= 4 is 44.1 Å². The van der Waals surface area contributed by atoms with Crippen LogP contribution < -0.4 is 23.8 Å². The van der Waals surface area contributed by atoms with E-state index >= 15 is 0 Å². The van der Waals surface area contributed by atoms with Crippen molar-refractivity contribution in [3.63, 3.8) is 0 Å². The van der Waals surface area contributed by atoms with Crippen molar-refractivity contribution in [3.05, 3.63) is 76.9 Å². The Morgan fingerprint density at radius 2 is 1.54 bits per heavy atom. The monoisotopic (exact) mass is 546 g/mol. The number of nitrogens with zero attached hydrogens (tertiary/aromatic N) is 2. The predicted octanol–water partition coefficient (Wildman–Crippen LogP) is 5.27. The Bertz CT molecular complexity index is 1640. The number of ether oxygens (including phenoxy) is 4. The van der Waals surface area contributed by atoms with Crippen molar-refractivity contribution in [2.75, 3.05) is 33.3 Å². The Kier molecular flexibility index (Phi) is 6.88. The summed E-state index contributed by atoms with van der Waals surface area (Å²) < 4.78 is 22.5. The molecule has 1 aliphatic rings. The molecule has 1 saturated heterocycles.